The molecule has 10 heteroatoms. The van der Waals surface area contributed by atoms with Crippen molar-refractivity contribution in [3.05, 3.63) is 95.3 Å². The molecule has 172 valence electrons. The molecule has 34 heavy (non-hydrogen) atoms. The highest BCUT2D eigenvalue weighted by atomic mass is 79.9. The second-order valence-corrected chi connectivity index (χ2v) is 10.7. The Morgan fingerprint density at radius 2 is 1.38 bits per heavy atom. The van der Waals surface area contributed by atoms with E-state index in [-0.39, 0.29) is 5.57 Å². The second-order valence-electron chi connectivity index (χ2n) is 7.16. The van der Waals surface area contributed by atoms with Gasteiger partial charge in [0.2, 0.25) is 0 Å². The van der Waals surface area contributed by atoms with E-state index < -0.39 is 17.8 Å². The van der Waals surface area contributed by atoms with Crippen molar-refractivity contribution in [3.8, 4) is 5.75 Å². The fourth-order valence-corrected chi connectivity index (χ4v) is 5.17. The molecule has 3 aromatic carbocycles. The van der Waals surface area contributed by atoms with Crippen LogP contribution in [0.1, 0.15) is 11.1 Å². The summed E-state index contributed by atoms with van der Waals surface area (Å²) in [7, 11) is 0. The van der Waals surface area contributed by atoms with Gasteiger partial charge in [-0.1, -0.05) is 44.0 Å². The van der Waals surface area contributed by atoms with Crippen molar-refractivity contribution in [1.29, 1.82) is 0 Å². The molecule has 3 aromatic rings. The van der Waals surface area contributed by atoms with Crippen molar-refractivity contribution in [2.24, 2.45) is 0 Å². The van der Waals surface area contributed by atoms with Crippen molar-refractivity contribution in [2.75, 3.05) is 4.90 Å². The van der Waals surface area contributed by atoms with Crippen LogP contribution in [0.5, 0.6) is 5.75 Å². The molecule has 1 aliphatic heterocycles. The molecule has 4 rings (SSSR count). The third kappa shape index (κ3) is 5.51. The highest BCUT2D eigenvalue weighted by Crippen LogP contribution is 2.36. The number of halogens is 4. The number of amides is 4. The number of hydrogen-bond acceptors (Lipinski definition) is 4. The lowest BCUT2D eigenvalue weighted by Gasteiger charge is -2.26. The van der Waals surface area contributed by atoms with Crippen LogP contribution in [0.15, 0.2) is 84.1 Å². The summed E-state index contributed by atoms with van der Waals surface area (Å²) in [5.41, 5.74) is 1.75. The van der Waals surface area contributed by atoms with E-state index in [9.17, 15) is 14.4 Å². The zero-order valence-corrected chi connectivity index (χ0v) is 23.5. The first-order valence-corrected chi connectivity index (χ1v) is 12.9. The SMILES string of the molecule is O=C1NC(=O)N(c2ccc(Br)cc2)C(=O)/C1=C/c1cc(Br)c(OCc2ccc(Br)cc2)c(Br)c1. The molecule has 0 unspecified atom stereocenters. The van der Waals surface area contributed by atoms with Crippen LogP contribution in [-0.2, 0) is 16.2 Å². The summed E-state index contributed by atoms with van der Waals surface area (Å²) < 4.78 is 9.00. The minimum absolute atomic E-state index is 0.162. The molecule has 1 saturated heterocycles. The Morgan fingerprint density at radius 1 is 0.824 bits per heavy atom. The zero-order valence-electron chi connectivity index (χ0n) is 17.2. The third-order valence-electron chi connectivity index (χ3n) is 4.81. The van der Waals surface area contributed by atoms with Gasteiger partial charge in [-0.2, -0.15) is 0 Å². The number of nitrogens with zero attached hydrogens (tertiary/aromatic N) is 1. The van der Waals surface area contributed by atoms with E-state index in [0.29, 0.717) is 32.6 Å². The van der Waals surface area contributed by atoms with Crippen LogP contribution in [0, 0.1) is 0 Å². The van der Waals surface area contributed by atoms with E-state index in [1.165, 1.54) is 6.08 Å². The van der Waals surface area contributed by atoms with Gasteiger partial charge < -0.3 is 4.74 Å². The maximum absolute atomic E-state index is 13.1. The first kappa shape index (κ1) is 24.8. The predicted octanol–water partition coefficient (Wildman–Crippen LogP) is 6.98. The summed E-state index contributed by atoms with van der Waals surface area (Å²) in [5.74, 6) is -0.888. The number of rotatable bonds is 5. The van der Waals surface area contributed by atoms with Gasteiger partial charge in [0.1, 0.15) is 17.9 Å². The number of carbonyl (C=O) groups excluding carboxylic acids is 3. The number of benzene rings is 3. The van der Waals surface area contributed by atoms with Gasteiger partial charge in [0.25, 0.3) is 11.8 Å². The van der Waals surface area contributed by atoms with E-state index in [1.54, 1.807) is 36.4 Å². The standard InChI is InChI=1S/C24H14Br4N2O4/c25-15-3-1-13(2-4-15)12-34-21-19(27)10-14(11-20(21)28)9-18-22(31)29-24(33)30(23(18)32)17-7-5-16(26)6-8-17/h1-11H,12H2,(H,29,31,33)/b18-9+. The van der Waals surface area contributed by atoms with Crippen molar-refractivity contribution < 1.29 is 19.1 Å². The van der Waals surface area contributed by atoms with Gasteiger partial charge in [0.05, 0.1) is 14.6 Å². The molecule has 0 aliphatic carbocycles. The quantitative estimate of drug-likeness (QED) is 0.229. The Hall–Kier alpha value is -2.27. The van der Waals surface area contributed by atoms with Crippen LogP contribution in [0.25, 0.3) is 6.08 Å². The van der Waals surface area contributed by atoms with Gasteiger partial charge in [0, 0.05) is 8.95 Å². The fraction of sp³-hybridized carbons (Fsp3) is 0.0417. The van der Waals surface area contributed by atoms with Crippen LogP contribution >= 0.6 is 63.7 Å². The molecule has 0 radical (unpaired) electrons. The van der Waals surface area contributed by atoms with Crippen molar-refractivity contribution >= 4 is 93.3 Å². The van der Waals surface area contributed by atoms with Crippen LogP contribution in [-0.4, -0.2) is 17.8 Å². The van der Waals surface area contributed by atoms with Crippen molar-refractivity contribution in [2.45, 2.75) is 6.61 Å². The van der Waals surface area contributed by atoms with Crippen LogP contribution in [0.2, 0.25) is 0 Å². The van der Waals surface area contributed by atoms with Gasteiger partial charge in [-0.05, 0) is 97.6 Å². The lowest BCUT2D eigenvalue weighted by Crippen LogP contribution is -2.54. The lowest BCUT2D eigenvalue weighted by molar-refractivity contribution is -0.122. The van der Waals surface area contributed by atoms with Gasteiger partial charge in [0.15, 0.2) is 0 Å². The molecule has 4 amide bonds. The fourth-order valence-electron chi connectivity index (χ4n) is 3.19. The summed E-state index contributed by atoms with van der Waals surface area (Å²) in [6, 6.07) is 17.1. The second kappa shape index (κ2) is 10.6. The molecule has 0 spiro atoms. The summed E-state index contributed by atoms with van der Waals surface area (Å²) in [5, 5.41) is 2.22. The van der Waals surface area contributed by atoms with Crippen molar-refractivity contribution in [1.82, 2.24) is 5.32 Å². The van der Waals surface area contributed by atoms with Crippen LogP contribution in [0.3, 0.4) is 0 Å². The van der Waals surface area contributed by atoms with E-state index in [1.807, 2.05) is 24.3 Å². The van der Waals surface area contributed by atoms with Gasteiger partial charge in [-0.25, -0.2) is 9.69 Å². The largest absolute Gasteiger partial charge is 0.487 e. The van der Waals surface area contributed by atoms with E-state index in [4.69, 9.17) is 4.74 Å². The Kier molecular flexibility index (Phi) is 7.71. The molecule has 1 heterocycles. The number of barbiturate groups is 1. The Morgan fingerprint density at radius 3 is 1.97 bits per heavy atom. The number of ether oxygens (including phenoxy) is 1. The summed E-state index contributed by atoms with van der Waals surface area (Å²) in [4.78, 5) is 38.8. The molecule has 1 aliphatic rings. The lowest BCUT2D eigenvalue weighted by atomic mass is 10.1. The first-order chi connectivity index (χ1) is 16.2. The number of nitrogens with one attached hydrogen (secondary N) is 1. The number of imide groups is 2. The Bertz CT molecular complexity index is 1300. The minimum Gasteiger partial charge on any atom is -0.487 e. The molecule has 1 fully saturated rings. The number of anilines is 1. The third-order valence-corrected chi connectivity index (χ3v) is 7.05. The first-order valence-electron chi connectivity index (χ1n) is 9.76. The summed E-state index contributed by atoms with van der Waals surface area (Å²) in [6.07, 6.45) is 1.43. The Labute approximate surface area is 228 Å². The smallest absolute Gasteiger partial charge is 0.335 e. The number of carbonyl (C=O) groups is 3. The van der Waals surface area contributed by atoms with E-state index in [0.717, 1.165) is 19.4 Å². The van der Waals surface area contributed by atoms with Crippen LogP contribution < -0.4 is 15.0 Å². The molecule has 1 N–H and O–H groups in total. The zero-order chi connectivity index (χ0) is 24.4. The maximum atomic E-state index is 13.1. The Balaban J connectivity index is 1.60. The summed E-state index contributed by atoms with van der Waals surface area (Å²) in [6.45, 7) is 0.357. The van der Waals surface area contributed by atoms with Crippen LogP contribution in [0.4, 0.5) is 10.5 Å². The maximum Gasteiger partial charge on any atom is 0.335 e. The molecule has 6 nitrogen and oxygen atoms in total. The number of hydrogen-bond donors (Lipinski definition) is 1. The number of urea groups is 1. The predicted molar refractivity (Wildman–Crippen MR) is 143 cm³/mol. The molecule has 0 bridgehead atoms. The molecule has 0 atom stereocenters. The highest BCUT2D eigenvalue weighted by Gasteiger charge is 2.36. The molecule has 0 saturated carbocycles. The molecular weight excluding hydrogens is 700 g/mol. The normalized spacial score (nSPS) is 15.0. The topological polar surface area (TPSA) is 75.7 Å². The molecule has 0 aromatic heterocycles. The summed E-state index contributed by atoms with van der Waals surface area (Å²) >= 11 is 13.7. The monoisotopic (exact) mass is 710 g/mol. The average Bonchev–Trinajstić information content (AvgIpc) is 2.78. The van der Waals surface area contributed by atoms with Gasteiger partial charge in [-0.3, -0.25) is 14.9 Å². The van der Waals surface area contributed by atoms with E-state index >= 15 is 0 Å². The van der Waals surface area contributed by atoms with Crippen molar-refractivity contribution in [3.63, 3.8) is 0 Å². The van der Waals surface area contributed by atoms with Gasteiger partial charge >= 0.3 is 6.03 Å². The van der Waals surface area contributed by atoms with E-state index in [2.05, 4.69) is 69.0 Å². The minimum atomic E-state index is -0.798. The molecular formula is C24H14Br4N2O4. The average molecular weight is 714 g/mol. The highest BCUT2D eigenvalue weighted by molar-refractivity contribution is 9.11. The van der Waals surface area contributed by atoms with Gasteiger partial charge in [-0.15, -0.1) is 0 Å².